The fraction of sp³-hybridized carbons (Fsp3) is 0.667. The Morgan fingerprint density at radius 1 is 1.36 bits per heavy atom. The molecule has 0 unspecified atom stereocenters. The van der Waals surface area contributed by atoms with Crippen LogP contribution in [-0.4, -0.2) is 11.1 Å². The van der Waals surface area contributed by atoms with Crippen LogP contribution in [0.3, 0.4) is 0 Å². The molecule has 2 heteroatoms. The summed E-state index contributed by atoms with van der Waals surface area (Å²) in [5, 5.41) is 8.59. The Morgan fingerprint density at radius 3 is 2.27 bits per heavy atom. The van der Waals surface area contributed by atoms with Gasteiger partial charge in [-0.25, -0.2) is 4.79 Å². The molecular weight excluding hydrogens is 140 g/mol. The van der Waals surface area contributed by atoms with Crippen molar-refractivity contribution in [3.63, 3.8) is 0 Å². The molecule has 2 nitrogen and oxygen atoms in total. The Kier molecular flexibility index (Phi) is 4.59. The van der Waals surface area contributed by atoms with E-state index in [1.54, 1.807) is 6.92 Å². The average molecular weight is 156 g/mol. The first-order chi connectivity index (χ1) is 5.09. The quantitative estimate of drug-likeness (QED) is 0.635. The molecule has 0 heterocycles. The first-order valence-electron chi connectivity index (χ1n) is 3.99. The van der Waals surface area contributed by atoms with Gasteiger partial charge in [0.05, 0.1) is 0 Å². The lowest BCUT2D eigenvalue weighted by Gasteiger charge is -2.01. The van der Waals surface area contributed by atoms with E-state index in [2.05, 4.69) is 6.92 Å². The number of hydrogen-bond donors (Lipinski definition) is 1. The molecule has 0 rings (SSSR count). The molecule has 0 saturated heterocycles. The van der Waals surface area contributed by atoms with E-state index in [4.69, 9.17) is 5.11 Å². The van der Waals surface area contributed by atoms with Crippen LogP contribution in [0.15, 0.2) is 11.1 Å². The van der Waals surface area contributed by atoms with Gasteiger partial charge in [0.15, 0.2) is 0 Å². The van der Waals surface area contributed by atoms with Crippen molar-refractivity contribution in [3.8, 4) is 0 Å². The van der Waals surface area contributed by atoms with Crippen molar-refractivity contribution in [2.24, 2.45) is 0 Å². The highest BCUT2D eigenvalue weighted by Gasteiger charge is 2.03. The maximum absolute atomic E-state index is 10.4. The molecule has 0 aromatic heterocycles. The Balaban J connectivity index is 4.05. The zero-order valence-electron chi connectivity index (χ0n) is 7.48. The van der Waals surface area contributed by atoms with Crippen molar-refractivity contribution in [1.82, 2.24) is 0 Å². The van der Waals surface area contributed by atoms with Crippen molar-refractivity contribution < 1.29 is 9.90 Å². The van der Waals surface area contributed by atoms with Gasteiger partial charge in [0.2, 0.25) is 0 Å². The molecule has 0 aliphatic rings. The predicted molar refractivity (Wildman–Crippen MR) is 45.5 cm³/mol. The number of hydrogen-bond acceptors (Lipinski definition) is 1. The first-order valence-corrected chi connectivity index (χ1v) is 3.99. The van der Waals surface area contributed by atoms with Crippen LogP contribution in [0.1, 0.15) is 40.0 Å². The van der Waals surface area contributed by atoms with Gasteiger partial charge in [-0.3, -0.25) is 0 Å². The average Bonchev–Trinajstić information content (AvgIpc) is 1.98. The molecule has 0 fully saturated rings. The van der Waals surface area contributed by atoms with Gasteiger partial charge >= 0.3 is 5.97 Å². The molecule has 0 aromatic carbocycles. The van der Waals surface area contributed by atoms with E-state index in [0.717, 1.165) is 24.8 Å². The van der Waals surface area contributed by atoms with Gasteiger partial charge in [0.25, 0.3) is 0 Å². The molecule has 0 amide bonds. The van der Waals surface area contributed by atoms with Gasteiger partial charge in [-0.1, -0.05) is 18.9 Å². The Hall–Kier alpha value is -0.790. The molecule has 1 N–H and O–H groups in total. The van der Waals surface area contributed by atoms with Crippen LogP contribution in [0.5, 0.6) is 0 Å². The summed E-state index contributed by atoms with van der Waals surface area (Å²) in [7, 11) is 0. The van der Waals surface area contributed by atoms with Crippen molar-refractivity contribution in [1.29, 1.82) is 0 Å². The van der Waals surface area contributed by atoms with Crippen LogP contribution in [0.25, 0.3) is 0 Å². The van der Waals surface area contributed by atoms with Crippen molar-refractivity contribution in [2.45, 2.75) is 40.0 Å². The van der Waals surface area contributed by atoms with Gasteiger partial charge in [0.1, 0.15) is 0 Å². The fourth-order valence-corrected chi connectivity index (χ4v) is 0.812. The molecular formula is C9H16O2. The minimum Gasteiger partial charge on any atom is -0.478 e. The zero-order chi connectivity index (χ0) is 8.85. The number of carboxylic acids is 1. The lowest BCUT2D eigenvalue weighted by Crippen LogP contribution is -1.99. The molecule has 64 valence electrons. The van der Waals surface area contributed by atoms with Gasteiger partial charge in [-0.2, -0.15) is 0 Å². The molecule has 0 atom stereocenters. The third kappa shape index (κ3) is 3.81. The van der Waals surface area contributed by atoms with E-state index in [0.29, 0.717) is 5.57 Å². The third-order valence-corrected chi connectivity index (χ3v) is 1.87. The third-order valence-electron chi connectivity index (χ3n) is 1.87. The van der Waals surface area contributed by atoms with Crippen LogP contribution in [0.4, 0.5) is 0 Å². The second kappa shape index (κ2) is 4.94. The summed E-state index contributed by atoms with van der Waals surface area (Å²) in [6.45, 7) is 5.65. The second-order valence-corrected chi connectivity index (χ2v) is 2.81. The van der Waals surface area contributed by atoms with Crippen molar-refractivity contribution in [3.05, 3.63) is 11.1 Å². The number of carbonyl (C=O) groups is 1. The van der Waals surface area contributed by atoms with Gasteiger partial charge < -0.3 is 5.11 Å². The molecule has 0 aromatic rings. The topological polar surface area (TPSA) is 37.3 Å². The number of allylic oxidation sites excluding steroid dienone is 1. The Labute approximate surface area is 67.9 Å². The van der Waals surface area contributed by atoms with Crippen LogP contribution < -0.4 is 0 Å². The highest BCUT2D eigenvalue weighted by molar-refractivity contribution is 5.86. The summed E-state index contributed by atoms with van der Waals surface area (Å²) >= 11 is 0. The normalized spacial score (nSPS) is 12.6. The standard InChI is InChI=1S/C9H16O2/c1-4-5-6-7(2)8(3)9(10)11/h4-6H2,1-3H3,(H,10,11)/b8-7+. The molecule has 11 heavy (non-hydrogen) atoms. The second-order valence-electron chi connectivity index (χ2n) is 2.81. The van der Waals surface area contributed by atoms with E-state index < -0.39 is 5.97 Å². The minimum absolute atomic E-state index is 0.499. The van der Waals surface area contributed by atoms with Gasteiger partial charge in [-0.05, 0) is 26.7 Å². The van der Waals surface area contributed by atoms with Gasteiger partial charge in [0, 0.05) is 5.57 Å². The zero-order valence-corrected chi connectivity index (χ0v) is 7.48. The summed E-state index contributed by atoms with van der Waals surface area (Å²) in [6, 6.07) is 0. The Bertz CT molecular complexity index is 168. The summed E-state index contributed by atoms with van der Waals surface area (Å²) < 4.78 is 0. The summed E-state index contributed by atoms with van der Waals surface area (Å²) in [5.74, 6) is -0.793. The SMILES string of the molecule is CCCC/C(C)=C(\C)C(=O)O. The van der Waals surface area contributed by atoms with E-state index in [9.17, 15) is 4.79 Å². The highest BCUT2D eigenvalue weighted by Crippen LogP contribution is 2.11. The number of unbranched alkanes of at least 4 members (excludes halogenated alkanes) is 1. The van der Waals surface area contributed by atoms with E-state index in [-0.39, 0.29) is 0 Å². The largest absolute Gasteiger partial charge is 0.478 e. The molecule has 0 spiro atoms. The number of aliphatic carboxylic acids is 1. The summed E-state index contributed by atoms with van der Waals surface area (Å²) in [5.41, 5.74) is 1.50. The van der Waals surface area contributed by atoms with E-state index >= 15 is 0 Å². The smallest absolute Gasteiger partial charge is 0.331 e. The molecule has 0 aliphatic carbocycles. The molecule has 0 saturated carbocycles. The van der Waals surface area contributed by atoms with Crippen molar-refractivity contribution in [2.75, 3.05) is 0 Å². The van der Waals surface area contributed by atoms with Crippen LogP contribution in [0.2, 0.25) is 0 Å². The molecule has 0 aliphatic heterocycles. The minimum atomic E-state index is -0.793. The molecule has 0 bridgehead atoms. The summed E-state index contributed by atoms with van der Waals surface area (Å²) in [6.07, 6.45) is 3.11. The van der Waals surface area contributed by atoms with E-state index in [1.807, 2.05) is 6.92 Å². The number of carboxylic acid groups (broad SMARTS) is 1. The van der Waals surface area contributed by atoms with Crippen LogP contribution >= 0.6 is 0 Å². The fourth-order valence-electron chi connectivity index (χ4n) is 0.812. The van der Waals surface area contributed by atoms with Crippen LogP contribution in [-0.2, 0) is 4.79 Å². The summed E-state index contributed by atoms with van der Waals surface area (Å²) in [4.78, 5) is 10.4. The predicted octanol–water partition coefficient (Wildman–Crippen LogP) is 2.60. The lowest BCUT2D eigenvalue weighted by atomic mass is 10.1. The maximum Gasteiger partial charge on any atom is 0.331 e. The lowest BCUT2D eigenvalue weighted by molar-refractivity contribution is -0.132. The first kappa shape index (κ1) is 10.2. The number of rotatable bonds is 4. The highest BCUT2D eigenvalue weighted by atomic mass is 16.4. The van der Waals surface area contributed by atoms with E-state index in [1.165, 1.54) is 0 Å². The monoisotopic (exact) mass is 156 g/mol. The van der Waals surface area contributed by atoms with Crippen molar-refractivity contribution >= 4 is 5.97 Å². The van der Waals surface area contributed by atoms with Crippen LogP contribution in [0, 0.1) is 0 Å². The maximum atomic E-state index is 10.4. The van der Waals surface area contributed by atoms with Gasteiger partial charge in [-0.15, -0.1) is 0 Å². The molecule has 0 radical (unpaired) electrons. The Morgan fingerprint density at radius 2 is 1.91 bits per heavy atom.